The number of aromatic nitrogens is 2. The highest BCUT2D eigenvalue weighted by Crippen LogP contribution is 1.97. The van der Waals surface area contributed by atoms with E-state index in [9.17, 15) is 0 Å². The highest BCUT2D eigenvalue weighted by atomic mass is 16.5. The quantitative estimate of drug-likeness (QED) is 0.670. The predicted octanol–water partition coefficient (Wildman–Crippen LogP) is 2.06. The van der Waals surface area contributed by atoms with Crippen molar-refractivity contribution in [2.45, 2.75) is 40.3 Å². The van der Waals surface area contributed by atoms with Gasteiger partial charge in [-0.3, -0.25) is 4.68 Å². The Labute approximate surface area is 104 Å². The van der Waals surface area contributed by atoms with E-state index >= 15 is 0 Å². The lowest BCUT2D eigenvalue weighted by Gasteiger charge is -2.05. The first-order chi connectivity index (χ1) is 8.22. The summed E-state index contributed by atoms with van der Waals surface area (Å²) in [7, 11) is 0. The fraction of sp³-hybridized carbons (Fsp3) is 0.769. The zero-order valence-electron chi connectivity index (χ0n) is 11.3. The van der Waals surface area contributed by atoms with Gasteiger partial charge in [-0.25, -0.2) is 0 Å². The van der Waals surface area contributed by atoms with Crippen LogP contribution in [0.4, 0.5) is 0 Å². The molecule has 0 unspecified atom stereocenters. The second kappa shape index (κ2) is 8.25. The molecule has 0 saturated carbocycles. The van der Waals surface area contributed by atoms with Crippen LogP contribution >= 0.6 is 0 Å². The molecule has 1 N–H and O–H groups in total. The van der Waals surface area contributed by atoms with Gasteiger partial charge < -0.3 is 10.1 Å². The number of ether oxygens (including phenoxy) is 1. The molecular formula is C13H25N3O. The van der Waals surface area contributed by atoms with E-state index in [4.69, 9.17) is 4.74 Å². The molecular weight excluding hydrogens is 214 g/mol. The van der Waals surface area contributed by atoms with Crippen LogP contribution in [-0.2, 0) is 17.8 Å². The van der Waals surface area contributed by atoms with E-state index in [0.29, 0.717) is 5.92 Å². The minimum Gasteiger partial charge on any atom is -0.380 e. The Morgan fingerprint density at radius 2 is 2.24 bits per heavy atom. The van der Waals surface area contributed by atoms with Crippen molar-refractivity contribution in [3.63, 3.8) is 0 Å². The van der Waals surface area contributed by atoms with Crippen LogP contribution in [0.15, 0.2) is 12.3 Å². The monoisotopic (exact) mass is 239 g/mol. The molecule has 0 fully saturated rings. The highest BCUT2D eigenvalue weighted by Gasteiger charge is 1.99. The molecule has 0 amide bonds. The predicted molar refractivity (Wildman–Crippen MR) is 69.9 cm³/mol. The van der Waals surface area contributed by atoms with Crippen LogP contribution in [0.1, 0.15) is 32.9 Å². The van der Waals surface area contributed by atoms with E-state index < -0.39 is 0 Å². The minimum atomic E-state index is 0.680. The summed E-state index contributed by atoms with van der Waals surface area (Å²) in [5, 5.41) is 7.86. The largest absolute Gasteiger partial charge is 0.380 e. The summed E-state index contributed by atoms with van der Waals surface area (Å²) in [4.78, 5) is 0. The Hall–Kier alpha value is -0.870. The smallest absolute Gasteiger partial charge is 0.0762 e. The Balaban J connectivity index is 2.18. The fourth-order valence-corrected chi connectivity index (χ4v) is 1.52. The van der Waals surface area contributed by atoms with Crippen LogP contribution < -0.4 is 5.32 Å². The molecule has 1 aromatic heterocycles. The van der Waals surface area contributed by atoms with E-state index in [1.807, 2.05) is 10.9 Å². The first-order valence-corrected chi connectivity index (χ1v) is 6.53. The summed E-state index contributed by atoms with van der Waals surface area (Å²) in [6.45, 7) is 10.8. The Bertz CT molecular complexity index is 297. The molecule has 0 radical (unpaired) electrons. The average molecular weight is 239 g/mol. The van der Waals surface area contributed by atoms with Crippen LogP contribution in [0.5, 0.6) is 0 Å². The first kappa shape index (κ1) is 14.2. The summed E-state index contributed by atoms with van der Waals surface area (Å²) in [5.41, 5.74) is 1.10. The van der Waals surface area contributed by atoms with E-state index in [1.165, 1.54) is 0 Å². The van der Waals surface area contributed by atoms with Crippen molar-refractivity contribution < 1.29 is 4.74 Å². The summed E-state index contributed by atoms with van der Waals surface area (Å²) in [6.07, 6.45) is 3.09. The van der Waals surface area contributed by atoms with Crippen LogP contribution in [0.2, 0.25) is 0 Å². The van der Waals surface area contributed by atoms with Gasteiger partial charge >= 0.3 is 0 Å². The molecule has 0 aliphatic heterocycles. The summed E-state index contributed by atoms with van der Waals surface area (Å²) in [5.74, 6) is 0.680. The van der Waals surface area contributed by atoms with Gasteiger partial charge in [-0.2, -0.15) is 5.10 Å². The molecule has 0 bridgehead atoms. The number of hydrogen-bond acceptors (Lipinski definition) is 3. The van der Waals surface area contributed by atoms with E-state index in [-0.39, 0.29) is 0 Å². The Morgan fingerprint density at radius 1 is 1.41 bits per heavy atom. The van der Waals surface area contributed by atoms with Crippen LogP contribution in [0.25, 0.3) is 0 Å². The number of hydrogen-bond donors (Lipinski definition) is 1. The van der Waals surface area contributed by atoms with Crippen molar-refractivity contribution in [3.8, 4) is 0 Å². The van der Waals surface area contributed by atoms with Crippen molar-refractivity contribution in [1.29, 1.82) is 0 Å². The third kappa shape index (κ3) is 6.44. The molecule has 1 aromatic rings. The SMILES string of the molecule is CCCOCCn1ccc(CNCC(C)C)n1. The van der Waals surface area contributed by atoms with Crippen molar-refractivity contribution in [2.75, 3.05) is 19.8 Å². The zero-order chi connectivity index (χ0) is 12.5. The maximum absolute atomic E-state index is 5.43. The number of rotatable bonds is 9. The number of nitrogens with zero attached hydrogens (tertiary/aromatic N) is 2. The summed E-state index contributed by atoms with van der Waals surface area (Å²) < 4.78 is 7.38. The molecule has 17 heavy (non-hydrogen) atoms. The number of nitrogens with one attached hydrogen (secondary N) is 1. The molecule has 1 rings (SSSR count). The Kier molecular flexibility index (Phi) is 6.89. The molecule has 0 aliphatic carbocycles. The summed E-state index contributed by atoms with van der Waals surface area (Å²) >= 11 is 0. The van der Waals surface area contributed by atoms with Gasteiger partial charge in [0.2, 0.25) is 0 Å². The average Bonchev–Trinajstić information content (AvgIpc) is 2.72. The lowest BCUT2D eigenvalue weighted by atomic mass is 10.2. The van der Waals surface area contributed by atoms with Gasteiger partial charge in [0, 0.05) is 19.3 Å². The normalized spacial score (nSPS) is 11.3. The third-order valence-electron chi connectivity index (χ3n) is 2.37. The molecule has 0 aliphatic rings. The lowest BCUT2D eigenvalue weighted by molar-refractivity contribution is 0.124. The van der Waals surface area contributed by atoms with E-state index in [1.54, 1.807) is 0 Å². The van der Waals surface area contributed by atoms with E-state index in [2.05, 4.69) is 37.3 Å². The molecule has 0 atom stereocenters. The molecule has 4 heteroatoms. The van der Waals surface area contributed by atoms with Gasteiger partial charge in [0.25, 0.3) is 0 Å². The summed E-state index contributed by atoms with van der Waals surface area (Å²) in [6, 6.07) is 2.06. The van der Waals surface area contributed by atoms with Gasteiger partial charge in [-0.1, -0.05) is 20.8 Å². The van der Waals surface area contributed by atoms with Gasteiger partial charge in [-0.05, 0) is 24.9 Å². The topological polar surface area (TPSA) is 39.1 Å². The van der Waals surface area contributed by atoms with Crippen molar-refractivity contribution >= 4 is 0 Å². The van der Waals surface area contributed by atoms with Crippen molar-refractivity contribution in [2.24, 2.45) is 5.92 Å². The maximum Gasteiger partial charge on any atom is 0.0762 e. The first-order valence-electron chi connectivity index (χ1n) is 6.53. The van der Waals surface area contributed by atoms with Crippen LogP contribution in [0.3, 0.4) is 0 Å². The lowest BCUT2D eigenvalue weighted by Crippen LogP contribution is -2.19. The van der Waals surface area contributed by atoms with Gasteiger partial charge in [0.05, 0.1) is 18.8 Å². The molecule has 98 valence electrons. The van der Waals surface area contributed by atoms with Crippen molar-refractivity contribution in [1.82, 2.24) is 15.1 Å². The van der Waals surface area contributed by atoms with Crippen LogP contribution in [-0.4, -0.2) is 29.5 Å². The standard InChI is InChI=1S/C13H25N3O/c1-4-8-17-9-7-16-6-5-13(15-16)11-14-10-12(2)3/h5-6,12,14H,4,7-11H2,1-3H3. The second-order valence-electron chi connectivity index (χ2n) is 4.71. The third-order valence-corrected chi connectivity index (χ3v) is 2.37. The second-order valence-corrected chi connectivity index (χ2v) is 4.71. The van der Waals surface area contributed by atoms with Crippen LogP contribution in [0, 0.1) is 5.92 Å². The van der Waals surface area contributed by atoms with Gasteiger partial charge in [0.15, 0.2) is 0 Å². The maximum atomic E-state index is 5.43. The molecule has 0 spiro atoms. The molecule has 4 nitrogen and oxygen atoms in total. The van der Waals surface area contributed by atoms with Crippen molar-refractivity contribution in [3.05, 3.63) is 18.0 Å². The molecule has 1 heterocycles. The van der Waals surface area contributed by atoms with E-state index in [0.717, 1.165) is 45.0 Å². The van der Waals surface area contributed by atoms with Gasteiger partial charge in [-0.15, -0.1) is 0 Å². The Morgan fingerprint density at radius 3 is 2.94 bits per heavy atom. The minimum absolute atomic E-state index is 0.680. The fourth-order valence-electron chi connectivity index (χ4n) is 1.52. The zero-order valence-corrected chi connectivity index (χ0v) is 11.3. The molecule has 0 aromatic carbocycles. The van der Waals surface area contributed by atoms with Gasteiger partial charge in [0.1, 0.15) is 0 Å². The molecule has 0 saturated heterocycles. The highest BCUT2D eigenvalue weighted by molar-refractivity contribution is 4.98.